The fourth-order valence-electron chi connectivity index (χ4n) is 2.05. The van der Waals surface area contributed by atoms with E-state index >= 15 is 0 Å². The van der Waals surface area contributed by atoms with E-state index in [9.17, 15) is 9.59 Å². The third-order valence-corrected chi connectivity index (χ3v) is 5.16. The molecule has 3 rings (SSSR count). The van der Waals surface area contributed by atoms with Gasteiger partial charge in [-0.1, -0.05) is 23.5 Å². The quantitative estimate of drug-likeness (QED) is 0.636. The smallest absolute Gasteiger partial charge is 0.200 e. The zero-order chi connectivity index (χ0) is 14.1. The lowest BCUT2D eigenvalue weighted by Gasteiger charge is -2.08. The van der Waals surface area contributed by atoms with E-state index in [1.807, 2.05) is 10.8 Å². The predicted octanol–water partition coefficient (Wildman–Crippen LogP) is 3.04. The molecule has 2 aliphatic heterocycles. The van der Waals surface area contributed by atoms with E-state index in [-0.39, 0.29) is 23.7 Å². The molecule has 0 saturated carbocycles. The highest BCUT2D eigenvalue weighted by Crippen LogP contribution is 2.42. The van der Waals surface area contributed by atoms with E-state index in [2.05, 4.69) is 5.32 Å². The summed E-state index contributed by atoms with van der Waals surface area (Å²) in [7, 11) is 1.55. The molecule has 0 aliphatic carbocycles. The lowest BCUT2D eigenvalue weighted by atomic mass is 10.0. The zero-order valence-electron chi connectivity index (χ0n) is 10.6. The van der Waals surface area contributed by atoms with Crippen LogP contribution in [0.2, 0.25) is 0 Å². The standard InChI is InChI=1S/C14H11NO3S2/c1-18-8-2-3-10-9(6-8)13(17)12(11(16)7-15-10)14-19-4-5-20-14/h2-6,15H,7H2,1H3. The number of carbonyl (C=O) groups excluding carboxylic acids is 2. The Morgan fingerprint density at radius 1 is 1.20 bits per heavy atom. The number of ether oxygens (including phenoxy) is 1. The maximum atomic E-state index is 12.7. The van der Waals surface area contributed by atoms with Gasteiger partial charge in [0.2, 0.25) is 5.78 Å². The average molecular weight is 305 g/mol. The fourth-order valence-corrected chi connectivity index (χ4v) is 3.94. The SMILES string of the molecule is COc1ccc2c(c1)C(=O)C(=C1SC=CS1)C(=O)CN2. The largest absolute Gasteiger partial charge is 0.497 e. The molecule has 0 bridgehead atoms. The number of hydrogen-bond acceptors (Lipinski definition) is 6. The van der Waals surface area contributed by atoms with E-state index in [1.54, 1.807) is 25.3 Å². The topological polar surface area (TPSA) is 55.4 Å². The predicted molar refractivity (Wildman–Crippen MR) is 82.2 cm³/mol. The van der Waals surface area contributed by atoms with Crippen molar-refractivity contribution in [3.8, 4) is 5.75 Å². The number of methoxy groups -OCH3 is 1. The Morgan fingerprint density at radius 3 is 2.65 bits per heavy atom. The van der Waals surface area contributed by atoms with Crippen LogP contribution in [0.4, 0.5) is 5.69 Å². The van der Waals surface area contributed by atoms with Crippen molar-refractivity contribution in [1.29, 1.82) is 0 Å². The molecule has 0 unspecified atom stereocenters. The Morgan fingerprint density at radius 2 is 1.95 bits per heavy atom. The van der Waals surface area contributed by atoms with Gasteiger partial charge in [0, 0.05) is 11.3 Å². The maximum absolute atomic E-state index is 12.7. The maximum Gasteiger partial charge on any atom is 0.200 e. The summed E-state index contributed by atoms with van der Waals surface area (Å²) in [5, 5.41) is 6.76. The molecule has 0 fully saturated rings. The Labute approximate surface area is 124 Å². The molecule has 1 aromatic carbocycles. The molecule has 6 heteroatoms. The molecule has 4 nitrogen and oxygen atoms in total. The van der Waals surface area contributed by atoms with Crippen molar-refractivity contribution in [3.63, 3.8) is 0 Å². The van der Waals surface area contributed by atoms with E-state index in [1.165, 1.54) is 23.5 Å². The van der Waals surface area contributed by atoms with Crippen LogP contribution in [0.15, 0.2) is 38.8 Å². The molecule has 2 aliphatic rings. The number of carbonyl (C=O) groups is 2. The normalized spacial score (nSPS) is 17.9. The molecule has 0 saturated heterocycles. The zero-order valence-corrected chi connectivity index (χ0v) is 12.3. The average Bonchev–Trinajstić information content (AvgIpc) is 2.95. The lowest BCUT2D eigenvalue weighted by Crippen LogP contribution is -2.17. The summed E-state index contributed by atoms with van der Waals surface area (Å²) in [6.07, 6.45) is 0. The van der Waals surface area contributed by atoms with Gasteiger partial charge in [0.25, 0.3) is 0 Å². The third kappa shape index (κ3) is 2.25. The Kier molecular flexibility index (Phi) is 3.58. The second kappa shape index (κ2) is 5.38. The summed E-state index contributed by atoms with van der Waals surface area (Å²) < 4.78 is 5.90. The van der Waals surface area contributed by atoms with Gasteiger partial charge < -0.3 is 10.1 Å². The number of hydrogen-bond donors (Lipinski definition) is 1. The summed E-state index contributed by atoms with van der Waals surface area (Å²) >= 11 is 2.82. The van der Waals surface area contributed by atoms with Crippen LogP contribution in [0, 0.1) is 0 Å². The van der Waals surface area contributed by atoms with E-state index in [0.717, 1.165) is 4.24 Å². The van der Waals surface area contributed by atoms with Crippen molar-refractivity contribution in [2.45, 2.75) is 0 Å². The summed E-state index contributed by atoms with van der Waals surface area (Å²) in [5.41, 5.74) is 1.41. The molecule has 0 spiro atoms. The molecule has 0 atom stereocenters. The third-order valence-electron chi connectivity index (χ3n) is 3.03. The van der Waals surface area contributed by atoms with Crippen molar-refractivity contribution in [2.24, 2.45) is 0 Å². The van der Waals surface area contributed by atoms with Gasteiger partial charge in [-0.15, -0.1) is 0 Å². The second-order valence-corrected chi connectivity index (χ2v) is 6.28. The number of ketones is 2. The minimum atomic E-state index is -0.243. The summed E-state index contributed by atoms with van der Waals surface area (Å²) in [5.74, 6) is 0.180. The second-order valence-electron chi connectivity index (χ2n) is 4.19. The van der Waals surface area contributed by atoms with Gasteiger partial charge in [-0.2, -0.15) is 0 Å². The van der Waals surface area contributed by atoms with Crippen LogP contribution in [-0.2, 0) is 4.79 Å². The number of thioether (sulfide) groups is 2. The van der Waals surface area contributed by atoms with Crippen molar-refractivity contribution >= 4 is 40.8 Å². The van der Waals surface area contributed by atoms with Gasteiger partial charge in [-0.25, -0.2) is 0 Å². The van der Waals surface area contributed by atoms with Crippen molar-refractivity contribution in [1.82, 2.24) is 0 Å². The van der Waals surface area contributed by atoms with Gasteiger partial charge >= 0.3 is 0 Å². The molecular weight excluding hydrogens is 294 g/mol. The first-order valence-electron chi connectivity index (χ1n) is 5.93. The van der Waals surface area contributed by atoms with Gasteiger partial charge in [-0.3, -0.25) is 9.59 Å². The molecule has 0 amide bonds. The van der Waals surface area contributed by atoms with Crippen LogP contribution >= 0.6 is 23.5 Å². The monoisotopic (exact) mass is 305 g/mol. The molecule has 1 N–H and O–H groups in total. The van der Waals surface area contributed by atoms with Crippen molar-refractivity contribution in [2.75, 3.05) is 19.0 Å². The summed E-state index contributed by atoms with van der Waals surface area (Å²) in [6, 6.07) is 5.20. The number of fused-ring (bicyclic) bond motifs is 1. The number of Topliss-reactive ketones (excluding diaryl/α,β-unsaturated/α-hetero) is 2. The highest BCUT2D eigenvalue weighted by atomic mass is 32.2. The highest BCUT2D eigenvalue weighted by molar-refractivity contribution is 8.27. The Hall–Kier alpha value is -1.66. The molecule has 102 valence electrons. The minimum absolute atomic E-state index is 0.130. The van der Waals surface area contributed by atoms with Crippen LogP contribution in [0.25, 0.3) is 0 Å². The van der Waals surface area contributed by atoms with Crippen molar-refractivity contribution in [3.05, 3.63) is 44.4 Å². The van der Waals surface area contributed by atoms with Gasteiger partial charge in [-0.05, 0) is 29.0 Å². The summed E-state index contributed by atoms with van der Waals surface area (Å²) in [6.45, 7) is 0.130. The number of rotatable bonds is 1. The molecule has 20 heavy (non-hydrogen) atoms. The van der Waals surface area contributed by atoms with Crippen LogP contribution in [0.5, 0.6) is 5.75 Å². The van der Waals surface area contributed by atoms with Gasteiger partial charge in [0.05, 0.1) is 23.5 Å². The highest BCUT2D eigenvalue weighted by Gasteiger charge is 2.30. The van der Waals surface area contributed by atoms with Crippen LogP contribution in [0.1, 0.15) is 10.4 Å². The molecular formula is C14H11NO3S2. The van der Waals surface area contributed by atoms with E-state index in [4.69, 9.17) is 4.74 Å². The fraction of sp³-hybridized carbons (Fsp3) is 0.143. The minimum Gasteiger partial charge on any atom is -0.497 e. The molecule has 2 heterocycles. The van der Waals surface area contributed by atoms with Crippen LogP contribution < -0.4 is 10.1 Å². The first-order chi connectivity index (χ1) is 9.70. The van der Waals surface area contributed by atoms with Gasteiger partial charge in [0.15, 0.2) is 5.78 Å². The van der Waals surface area contributed by atoms with Gasteiger partial charge in [0.1, 0.15) is 5.75 Å². The Bertz CT molecular complexity index is 654. The van der Waals surface area contributed by atoms with Crippen molar-refractivity contribution < 1.29 is 14.3 Å². The van der Waals surface area contributed by atoms with Crippen LogP contribution in [0.3, 0.4) is 0 Å². The molecule has 1 aromatic rings. The van der Waals surface area contributed by atoms with Crippen LogP contribution in [-0.4, -0.2) is 25.2 Å². The first kappa shape index (κ1) is 13.3. The molecule has 0 aromatic heterocycles. The molecule has 0 radical (unpaired) electrons. The Balaban J connectivity index is 2.12. The first-order valence-corrected chi connectivity index (χ1v) is 7.69. The van der Waals surface area contributed by atoms with E-state index < -0.39 is 0 Å². The number of benzene rings is 1. The lowest BCUT2D eigenvalue weighted by molar-refractivity contribution is -0.113. The number of nitrogens with one attached hydrogen (secondary N) is 1. The summed E-state index contributed by atoms with van der Waals surface area (Å²) in [4.78, 5) is 24.9. The number of anilines is 1. The van der Waals surface area contributed by atoms with E-state index in [0.29, 0.717) is 17.0 Å².